The molecule has 1 amide bonds. The third-order valence-electron chi connectivity index (χ3n) is 6.94. The molecular weight excluding hydrogens is 474 g/mol. The van der Waals surface area contributed by atoms with Crippen LogP contribution in [-0.2, 0) is 4.74 Å². The minimum atomic E-state index is -0.121. The van der Waals surface area contributed by atoms with Crippen molar-refractivity contribution >= 4 is 5.91 Å². The zero-order valence-electron chi connectivity index (χ0n) is 23.9. The molecule has 0 heterocycles. The Morgan fingerprint density at radius 2 is 1.21 bits per heavy atom. The van der Waals surface area contributed by atoms with Crippen molar-refractivity contribution in [2.24, 2.45) is 0 Å². The SMILES string of the molecule is CCCCCCCCCCCCCCCCC(C)OCCNC(=O)c1ccc(Oc2ccc(O)cc2)cc1. The number of rotatable bonds is 22. The van der Waals surface area contributed by atoms with Crippen LogP contribution in [0.2, 0.25) is 0 Å². The first-order chi connectivity index (χ1) is 18.6. The molecule has 0 fully saturated rings. The lowest BCUT2D eigenvalue weighted by Crippen LogP contribution is -2.28. The van der Waals surface area contributed by atoms with Crippen LogP contribution in [0.25, 0.3) is 0 Å². The molecule has 0 radical (unpaired) electrons. The van der Waals surface area contributed by atoms with Gasteiger partial charge in [-0.2, -0.15) is 0 Å². The van der Waals surface area contributed by atoms with E-state index in [1.165, 1.54) is 89.9 Å². The van der Waals surface area contributed by atoms with E-state index >= 15 is 0 Å². The lowest BCUT2D eigenvalue weighted by molar-refractivity contribution is 0.0582. The fraction of sp³-hybridized carbons (Fsp3) is 0.606. The fourth-order valence-electron chi connectivity index (χ4n) is 4.56. The Morgan fingerprint density at radius 1 is 0.737 bits per heavy atom. The van der Waals surface area contributed by atoms with Gasteiger partial charge in [0.25, 0.3) is 5.91 Å². The average molecular weight is 526 g/mol. The number of hydrogen-bond donors (Lipinski definition) is 2. The van der Waals surface area contributed by atoms with E-state index in [9.17, 15) is 9.90 Å². The first-order valence-corrected chi connectivity index (χ1v) is 15.0. The molecule has 2 rings (SSSR count). The number of nitrogens with one attached hydrogen (secondary N) is 1. The first-order valence-electron chi connectivity index (χ1n) is 15.0. The highest BCUT2D eigenvalue weighted by atomic mass is 16.5. The molecule has 2 N–H and O–H groups in total. The molecule has 2 aromatic rings. The Morgan fingerprint density at radius 3 is 1.74 bits per heavy atom. The molecule has 0 aliphatic carbocycles. The number of amides is 1. The number of unbranched alkanes of at least 4 members (excludes halogenated alkanes) is 13. The summed E-state index contributed by atoms with van der Waals surface area (Å²) < 4.78 is 11.6. The van der Waals surface area contributed by atoms with Gasteiger partial charge in [-0.3, -0.25) is 4.79 Å². The normalized spacial score (nSPS) is 11.8. The van der Waals surface area contributed by atoms with Crippen LogP contribution >= 0.6 is 0 Å². The van der Waals surface area contributed by atoms with Crippen LogP contribution in [0.15, 0.2) is 48.5 Å². The minimum absolute atomic E-state index is 0.121. The maximum atomic E-state index is 12.4. The number of benzene rings is 2. The average Bonchev–Trinajstić information content (AvgIpc) is 2.93. The van der Waals surface area contributed by atoms with E-state index in [0.29, 0.717) is 30.2 Å². The summed E-state index contributed by atoms with van der Waals surface area (Å²) in [6.45, 7) is 5.42. The third-order valence-corrected chi connectivity index (χ3v) is 6.94. The summed E-state index contributed by atoms with van der Waals surface area (Å²) in [7, 11) is 0. The monoisotopic (exact) mass is 525 g/mol. The van der Waals surface area contributed by atoms with Crippen molar-refractivity contribution in [1.29, 1.82) is 0 Å². The number of hydrogen-bond acceptors (Lipinski definition) is 4. The van der Waals surface area contributed by atoms with Gasteiger partial charge in [-0.25, -0.2) is 0 Å². The van der Waals surface area contributed by atoms with Gasteiger partial charge in [0.1, 0.15) is 17.2 Å². The largest absolute Gasteiger partial charge is 0.508 e. The van der Waals surface area contributed by atoms with E-state index in [4.69, 9.17) is 9.47 Å². The molecule has 0 aromatic heterocycles. The molecule has 5 heteroatoms. The minimum Gasteiger partial charge on any atom is -0.508 e. The van der Waals surface area contributed by atoms with Crippen LogP contribution in [0, 0.1) is 0 Å². The number of phenolic OH excluding ortho intramolecular Hbond substituents is 1. The second-order valence-electron chi connectivity index (χ2n) is 10.4. The van der Waals surface area contributed by atoms with Crippen molar-refractivity contribution in [3.8, 4) is 17.2 Å². The Balaban J connectivity index is 1.41. The summed E-state index contributed by atoms with van der Waals surface area (Å²) in [5.74, 6) is 1.33. The van der Waals surface area contributed by atoms with Crippen LogP contribution < -0.4 is 10.1 Å². The molecule has 212 valence electrons. The molecule has 0 spiro atoms. The molecule has 0 aliphatic rings. The molecule has 0 saturated carbocycles. The molecule has 1 atom stereocenters. The van der Waals surface area contributed by atoms with Gasteiger partial charge in [0.2, 0.25) is 0 Å². The number of phenols is 1. The number of carbonyl (C=O) groups is 1. The van der Waals surface area contributed by atoms with Gasteiger partial charge in [0.15, 0.2) is 0 Å². The zero-order chi connectivity index (χ0) is 27.3. The standard InChI is InChI=1S/C33H51NO4/c1-3-4-5-6-7-8-9-10-11-12-13-14-15-16-17-28(2)37-27-26-34-33(36)29-18-22-31(23-19-29)38-32-24-20-30(35)21-25-32/h18-25,28,35H,3-17,26-27H2,1-2H3,(H,34,36). The fourth-order valence-corrected chi connectivity index (χ4v) is 4.56. The molecule has 0 saturated heterocycles. The maximum absolute atomic E-state index is 12.4. The molecule has 38 heavy (non-hydrogen) atoms. The zero-order valence-corrected chi connectivity index (χ0v) is 23.9. The Labute approximate surface area is 231 Å². The van der Waals surface area contributed by atoms with E-state index in [1.54, 1.807) is 48.5 Å². The third kappa shape index (κ3) is 15.0. The maximum Gasteiger partial charge on any atom is 0.251 e. The van der Waals surface area contributed by atoms with E-state index in [2.05, 4.69) is 19.2 Å². The molecule has 1 unspecified atom stereocenters. The lowest BCUT2D eigenvalue weighted by atomic mass is 10.0. The highest BCUT2D eigenvalue weighted by Gasteiger charge is 2.07. The van der Waals surface area contributed by atoms with E-state index < -0.39 is 0 Å². The van der Waals surface area contributed by atoms with E-state index in [1.807, 2.05) is 0 Å². The van der Waals surface area contributed by atoms with Crippen LogP contribution in [0.1, 0.15) is 121 Å². The van der Waals surface area contributed by atoms with E-state index in [0.717, 1.165) is 6.42 Å². The summed E-state index contributed by atoms with van der Waals surface area (Å²) in [6.07, 6.45) is 20.6. The van der Waals surface area contributed by atoms with Crippen molar-refractivity contribution in [3.05, 3.63) is 54.1 Å². The number of aromatic hydroxyl groups is 1. The predicted molar refractivity (Wildman–Crippen MR) is 157 cm³/mol. The van der Waals surface area contributed by atoms with Gasteiger partial charge in [-0.05, 0) is 61.9 Å². The summed E-state index contributed by atoms with van der Waals surface area (Å²) in [6, 6.07) is 13.5. The first kappa shape index (κ1) is 31.7. The highest BCUT2D eigenvalue weighted by molar-refractivity contribution is 5.94. The topological polar surface area (TPSA) is 67.8 Å². The van der Waals surface area contributed by atoms with Crippen molar-refractivity contribution < 1.29 is 19.4 Å². The number of ether oxygens (including phenoxy) is 2. The Bertz CT molecular complexity index is 850. The summed E-state index contributed by atoms with van der Waals surface area (Å²) in [4.78, 5) is 12.4. The Hall–Kier alpha value is -2.53. The van der Waals surface area contributed by atoms with Crippen LogP contribution in [0.5, 0.6) is 17.2 Å². The van der Waals surface area contributed by atoms with Gasteiger partial charge in [-0.15, -0.1) is 0 Å². The van der Waals surface area contributed by atoms with Crippen molar-refractivity contribution in [3.63, 3.8) is 0 Å². The highest BCUT2D eigenvalue weighted by Crippen LogP contribution is 2.23. The van der Waals surface area contributed by atoms with Gasteiger partial charge in [0, 0.05) is 12.1 Å². The molecule has 5 nitrogen and oxygen atoms in total. The molecular formula is C33H51NO4. The second kappa shape index (κ2) is 20.4. The van der Waals surface area contributed by atoms with Crippen molar-refractivity contribution in [1.82, 2.24) is 5.32 Å². The van der Waals surface area contributed by atoms with Crippen LogP contribution in [-0.4, -0.2) is 30.3 Å². The molecule has 0 bridgehead atoms. The summed E-state index contributed by atoms with van der Waals surface area (Å²) in [5, 5.41) is 12.3. The van der Waals surface area contributed by atoms with Crippen molar-refractivity contribution in [2.45, 2.75) is 116 Å². The van der Waals surface area contributed by atoms with Gasteiger partial charge >= 0.3 is 0 Å². The quantitative estimate of drug-likeness (QED) is 0.150. The Kier molecular flexibility index (Phi) is 17.0. The lowest BCUT2D eigenvalue weighted by Gasteiger charge is -2.13. The van der Waals surface area contributed by atoms with Gasteiger partial charge in [-0.1, -0.05) is 96.8 Å². The predicted octanol–water partition coefficient (Wildman–Crippen LogP) is 9.19. The second-order valence-corrected chi connectivity index (χ2v) is 10.4. The van der Waals surface area contributed by atoms with E-state index in [-0.39, 0.29) is 17.8 Å². The summed E-state index contributed by atoms with van der Waals surface area (Å²) in [5.41, 5.74) is 0.582. The smallest absolute Gasteiger partial charge is 0.251 e. The van der Waals surface area contributed by atoms with Gasteiger partial charge in [0.05, 0.1) is 12.7 Å². The molecule has 0 aliphatic heterocycles. The molecule has 2 aromatic carbocycles. The van der Waals surface area contributed by atoms with Gasteiger partial charge < -0.3 is 19.9 Å². The summed E-state index contributed by atoms with van der Waals surface area (Å²) >= 11 is 0. The number of carbonyl (C=O) groups excluding carboxylic acids is 1. The van der Waals surface area contributed by atoms with Crippen molar-refractivity contribution in [2.75, 3.05) is 13.2 Å². The van der Waals surface area contributed by atoms with Crippen LogP contribution in [0.3, 0.4) is 0 Å². The van der Waals surface area contributed by atoms with Crippen LogP contribution in [0.4, 0.5) is 0 Å².